The molecule has 0 atom stereocenters. The molecule has 2 aromatic rings. The fourth-order valence-electron chi connectivity index (χ4n) is 2.66. The number of nitrogens with one attached hydrogen (secondary N) is 1. The highest BCUT2D eigenvalue weighted by Gasteiger charge is 2.26. The van der Waals surface area contributed by atoms with Gasteiger partial charge in [-0.05, 0) is 39.0 Å². The molecule has 0 radical (unpaired) electrons. The van der Waals surface area contributed by atoms with Crippen molar-refractivity contribution in [3.63, 3.8) is 0 Å². The Morgan fingerprint density at radius 2 is 1.96 bits per heavy atom. The van der Waals surface area contributed by atoms with Crippen LogP contribution in [-0.2, 0) is 9.59 Å². The highest BCUT2D eigenvalue weighted by atomic mass is 16.2. The number of anilines is 1. The molecule has 3 rings (SSSR count). The average Bonchev–Trinajstić information content (AvgIpc) is 3.01. The normalized spacial score (nSPS) is 14.6. The minimum Gasteiger partial charge on any atom is -0.319 e. The Hall–Kier alpha value is -2.96. The predicted octanol–water partition coefficient (Wildman–Crippen LogP) is 2.51. The van der Waals surface area contributed by atoms with Gasteiger partial charge in [0.05, 0.1) is 17.1 Å². The van der Waals surface area contributed by atoms with Crippen LogP contribution in [0.3, 0.4) is 0 Å². The summed E-state index contributed by atoms with van der Waals surface area (Å²) in [6, 6.07) is 9.26. The molecular formula is C18H21N5O2. The molecule has 1 N–H and O–H groups in total. The van der Waals surface area contributed by atoms with E-state index in [-0.39, 0.29) is 17.9 Å². The molecule has 0 saturated heterocycles. The summed E-state index contributed by atoms with van der Waals surface area (Å²) < 4.78 is 1.72. The lowest BCUT2D eigenvalue weighted by molar-refractivity contribution is -0.133. The van der Waals surface area contributed by atoms with E-state index in [2.05, 4.69) is 15.5 Å². The van der Waals surface area contributed by atoms with Gasteiger partial charge in [-0.1, -0.05) is 12.1 Å². The average molecular weight is 339 g/mol. The Labute approximate surface area is 146 Å². The van der Waals surface area contributed by atoms with Crippen molar-refractivity contribution in [2.75, 3.05) is 5.32 Å². The largest absolute Gasteiger partial charge is 0.319 e. The van der Waals surface area contributed by atoms with E-state index in [9.17, 15) is 9.59 Å². The Balaban J connectivity index is 1.85. The molecule has 2 heterocycles. The second-order valence-corrected chi connectivity index (χ2v) is 6.25. The topological polar surface area (TPSA) is 79.6 Å². The molecule has 1 aromatic heterocycles. The summed E-state index contributed by atoms with van der Waals surface area (Å²) >= 11 is 0. The van der Waals surface area contributed by atoms with Crippen molar-refractivity contribution in [1.82, 2.24) is 14.8 Å². The van der Waals surface area contributed by atoms with Crippen LogP contribution >= 0.6 is 0 Å². The Morgan fingerprint density at radius 3 is 2.64 bits per heavy atom. The number of aromatic nitrogens is 2. The first-order valence-electron chi connectivity index (χ1n) is 8.28. The number of aryl methyl sites for hydroxylation is 1. The van der Waals surface area contributed by atoms with Crippen LogP contribution in [0.2, 0.25) is 0 Å². The van der Waals surface area contributed by atoms with Gasteiger partial charge in [-0.15, -0.1) is 0 Å². The number of carbonyl (C=O) groups is 2. The lowest BCUT2D eigenvalue weighted by Gasteiger charge is -2.26. The predicted molar refractivity (Wildman–Crippen MR) is 95.6 cm³/mol. The SMILES string of the molecule is Cc1ccn(-c2ccccc2NC(=O)C2=NN(C(C)C)C(=O)CC2)n1. The second-order valence-electron chi connectivity index (χ2n) is 6.25. The summed E-state index contributed by atoms with van der Waals surface area (Å²) in [6.45, 7) is 5.65. The number of rotatable bonds is 4. The lowest BCUT2D eigenvalue weighted by atomic mass is 10.1. The van der Waals surface area contributed by atoms with Crippen molar-refractivity contribution in [3.8, 4) is 5.69 Å². The van der Waals surface area contributed by atoms with Crippen LogP contribution in [0.5, 0.6) is 0 Å². The van der Waals surface area contributed by atoms with E-state index in [0.29, 0.717) is 24.2 Å². The van der Waals surface area contributed by atoms with Crippen LogP contribution < -0.4 is 5.32 Å². The van der Waals surface area contributed by atoms with E-state index < -0.39 is 0 Å². The first-order valence-corrected chi connectivity index (χ1v) is 8.28. The molecule has 25 heavy (non-hydrogen) atoms. The van der Waals surface area contributed by atoms with E-state index >= 15 is 0 Å². The molecule has 7 heteroatoms. The van der Waals surface area contributed by atoms with Crippen molar-refractivity contribution >= 4 is 23.2 Å². The molecule has 130 valence electrons. The monoisotopic (exact) mass is 339 g/mol. The molecule has 0 saturated carbocycles. The summed E-state index contributed by atoms with van der Waals surface area (Å²) in [5.41, 5.74) is 2.67. The second kappa shape index (κ2) is 6.88. The zero-order valence-electron chi connectivity index (χ0n) is 14.6. The number of amides is 2. The molecule has 0 aliphatic carbocycles. The number of nitrogens with zero attached hydrogens (tertiary/aromatic N) is 4. The van der Waals surface area contributed by atoms with Gasteiger partial charge in [0, 0.05) is 25.1 Å². The fourth-order valence-corrected chi connectivity index (χ4v) is 2.66. The van der Waals surface area contributed by atoms with Crippen molar-refractivity contribution in [1.29, 1.82) is 0 Å². The fraction of sp³-hybridized carbons (Fsp3) is 0.333. The zero-order valence-corrected chi connectivity index (χ0v) is 14.6. The highest BCUT2D eigenvalue weighted by Crippen LogP contribution is 2.20. The molecule has 1 aliphatic heterocycles. The van der Waals surface area contributed by atoms with Gasteiger partial charge in [-0.3, -0.25) is 9.59 Å². The number of benzene rings is 1. The third kappa shape index (κ3) is 3.60. The Morgan fingerprint density at radius 1 is 1.20 bits per heavy atom. The van der Waals surface area contributed by atoms with Gasteiger partial charge in [0.2, 0.25) is 5.91 Å². The van der Waals surface area contributed by atoms with E-state index in [1.165, 1.54) is 5.01 Å². The summed E-state index contributed by atoms with van der Waals surface area (Å²) in [6.07, 6.45) is 2.49. The van der Waals surface area contributed by atoms with Gasteiger partial charge in [0.1, 0.15) is 5.71 Å². The van der Waals surface area contributed by atoms with Gasteiger partial charge in [-0.2, -0.15) is 10.2 Å². The van der Waals surface area contributed by atoms with E-state index in [1.807, 2.05) is 57.3 Å². The number of hydrazone groups is 1. The van der Waals surface area contributed by atoms with Crippen LogP contribution in [-0.4, -0.2) is 38.4 Å². The Kier molecular flexibility index (Phi) is 4.65. The molecule has 2 amide bonds. The van der Waals surface area contributed by atoms with Crippen LogP contribution in [0.4, 0.5) is 5.69 Å². The molecule has 0 spiro atoms. The van der Waals surface area contributed by atoms with Crippen LogP contribution in [0, 0.1) is 6.92 Å². The van der Waals surface area contributed by atoms with Crippen LogP contribution in [0.1, 0.15) is 32.4 Å². The maximum Gasteiger partial charge on any atom is 0.271 e. The molecule has 0 unspecified atom stereocenters. The first kappa shape index (κ1) is 16.9. The number of carbonyl (C=O) groups excluding carboxylic acids is 2. The zero-order chi connectivity index (χ0) is 18.0. The third-order valence-corrected chi connectivity index (χ3v) is 3.93. The smallest absolute Gasteiger partial charge is 0.271 e. The number of hydrogen-bond donors (Lipinski definition) is 1. The van der Waals surface area contributed by atoms with Gasteiger partial charge in [0.25, 0.3) is 5.91 Å². The number of para-hydroxylation sites is 2. The van der Waals surface area contributed by atoms with Gasteiger partial charge >= 0.3 is 0 Å². The van der Waals surface area contributed by atoms with Crippen LogP contribution in [0.15, 0.2) is 41.6 Å². The summed E-state index contributed by atoms with van der Waals surface area (Å²) in [5, 5.41) is 12.9. The highest BCUT2D eigenvalue weighted by molar-refractivity contribution is 6.43. The first-order chi connectivity index (χ1) is 12.0. The maximum absolute atomic E-state index is 12.6. The van der Waals surface area contributed by atoms with Crippen molar-refractivity contribution in [2.24, 2.45) is 5.10 Å². The lowest BCUT2D eigenvalue weighted by Crippen LogP contribution is -2.39. The molecule has 0 bridgehead atoms. The van der Waals surface area contributed by atoms with Crippen molar-refractivity contribution < 1.29 is 9.59 Å². The van der Waals surface area contributed by atoms with Gasteiger partial charge in [0.15, 0.2) is 0 Å². The van der Waals surface area contributed by atoms with Crippen LogP contribution in [0.25, 0.3) is 5.69 Å². The minimum atomic E-state index is -0.297. The van der Waals surface area contributed by atoms with Gasteiger partial charge < -0.3 is 5.32 Å². The standard InChI is InChI=1S/C18H21N5O2/c1-12(2)23-17(24)9-8-15(21-23)18(25)19-14-6-4-5-7-16(14)22-11-10-13(3)20-22/h4-7,10-12H,8-9H2,1-3H3,(H,19,25). The molecular weight excluding hydrogens is 318 g/mol. The quantitative estimate of drug-likeness (QED) is 0.929. The summed E-state index contributed by atoms with van der Waals surface area (Å²) in [4.78, 5) is 24.5. The minimum absolute atomic E-state index is 0.0565. The summed E-state index contributed by atoms with van der Waals surface area (Å²) in [7, 11) is 0. The van der Waals surface area contributed by atoms with E-state index in [4.69, 9.17) is 0 Å². The van der Waals surface area contributed by atoms with Crippen molar-refractivity contribution in [3.05, 3.63) is 42.2 Å². The Bertz CT molecular complexity index is 837. The molecule has 1 aromatic carbocycles. The molecule has 1 aliphatic rings. The van der Waals surface area contributed by atoms with E-state index in [0.717, 1.165) is 11.4 Å². The third-order valence-electron chi connectivity index (χ3n) is 3.93. The molecule has 0 fully saturated rings. The van der Waals surface area contributed by atoms with E-state index in [1.54, 1.807) is 4.68 Å². The molecule has 7 nitrogen and oxygen atoms in total. The maximum atomic E-state index is 12.6. The number of hydrogen-bond acceptors (Lipinski definition) is 4. The van der Waals surface area contributed by atoms with Crippen molar-refractivity contribution in [2.45, 2.75) is 39.7 Å². The van der Waals surface area contributed by atoms with Gasteiger partial charge in [-0.25, -0.2) is 9.69 Å². The summed E-state index contributed by atoms with van der Waals surface area (Å²) in [5.74, 6) is -0.353.